The van der Waals surface area contributed by atoms with Crippen LogP contribution in [0.4, 0.5) is 11.4 Å². The molecule has 34 heavy (non-hydrogen) atoms. The predicted molar refractivity (Wildman–Crippen MR) is 138 cm³/mol. The molecule has 0 spiro atoms. The van der Waals surface area contributed by atoms with Crippen molar-refractivity contribution in [3.8, 4) is 6.07 Å². The first-order valence-electron chi connectivity index (χ1n) is 12.1. The minimum atomic E-state index is -0.267. The van der Waals surface area contributed by atoms with E-state index in [2.05, 4.69) is 33.0 Å². The number of hydrogen-bond donors (Lipinski definition) is 0. The van der Waals surface area contributed by atoms with Gasteiger partial charge in [0.1, 0.15) is 17.1 Å². The van der Waals surface area contributed by atoms with Crippen LogP contribution in [0.1, 0.15) is 44.1 Å². The summed E-state index contributed by atoms with van der Waals surface area (Å²) < 4.78 is 1.52. The highest BCUT2D eigenvalue weighted by Crippen LogP contribution is 2.37. The lowest BCUT2D eigenvalue weighted by molar-refractivity contribution is 0.365. The maximum atomic E-state index is 12.9. The molecule has 0 aliphatic heterocycles. The van der Waals surface area contributed by atoms with Crippen molar-refractivity contribution in [1.29, 1.82) is 5.26 Å². The van der Waals surface area contributed by atoms with Crippen molar-refractivity contribution < 1.29 is 0 Å². The van der Waals surface area contributed by atoms with E-state index < -0.39 is 0 Å². The monoisotopic (exact) mass is 475 g/mol. The minimum absolute atomic E-state index is 0.176. The van der Waals surface area contributed by atoms with E-state index in [0.29, 0.717) is 17.2 Å². The molecule has 0 unspecified atom stereocenters. The average Bonchev–Trinajstić information content (AvgIpc) is 3.69. The van der Waals surface area contributed by atoms with Gasteiger partial charge in [0.05, 0.1) is 11.2 Å². The molecule has 2 fully saturated rings. The van der Waals surface area contributed by atoms with E-state index in [1.54, 1.807) is 13.2 Å². The molecule has 0 amide bonds. The Balaban J connectivity index is 1.39. The van der Waals surface area contributed by atoms with E-state index in [1.807, 2.05) is 31.3 Å². The molecule has 7 heteroatoms. The Kier molecular flexibility index (Phi) is 6.22. The summed E-state index contributed by atoms with van der Waals surface area (Å²) >= 11 is 6.14. The van der Waals surface area contributed by atoms with Gasteiger partial charge in [-0.05, 0) is 80.8 Å². The average molecular weight is 476 g/mol. The molecule has 0 radical (unpaired) electrons. The Morgan fingerprint density at radius 1 is 1.09 bits per heavy atom. The number of aryl methyl sites for hydroxylation is 1. The van der Waals surface area contributed by atoms with Crippen LogP contribution in [0.25, 0.3) is 11.0 Å². The zero-order valence-electron chi connectivity index (χ0n) is 19.7. The molecule has 2 aliphatic rings. The van der Waals surface area contributed by atoms with Gasteiger partial charge < -0.3 is 14.4 Å². The summed E-state index contributed by atoms with van der Waals surface area (Å²) in [5.41, 5.74) is 3.29. The summed E-state index contributed by atoms with van der Waals surface area (Å²) in [5, 5.41) is 10.6. The van der Waals surface area contributed by atoms with E-state index in [-0.39, 0.29) is 17.2 Å². The Morgan fingerprint density at radius 3 is 2.41 bits per heavy atom. The highest BCUT2D eigenvalue weighted by molar-refractivity contribution is 6.30. The molecule has 2 saturated carbocycles. The summed E-state index contributed by atoms with van der Waals surface area (Å²) in [6.07, 6.45) is 8.52. The van der Waals surface area contributed by atoms with Crippen molar-refractivity contribution in [1.82, 2.24) is 9.55 Å². The van der Waals surface area contributed by atoms with Crippen LogP contribution in [0.15, 0.2) is 47.4 Å². The van der Waals surface area contributed by atoms with E-state index in [0.717, 1.165) is 48.7 Å². The fourth-order valence-corrected chi connectivity index (χ4v) is 5.53. The van der Waals surface area contributed by atoms with Crippen LogP contribution in [0.5, 0.6) is 0 Å². The molecule has 2 aliphatic carbocycles. The molecule has 6 nitrogen and oxygen atoms in total. The summed E-state index contributed by atoms with van der Waals surface area (Å²) in [4.78, 5) is 22.2. The molecule has 0 atom stereocenters. The maximum absolute atomic E-state index is 12.9. The van der Waals surface area contributed by atoms with Gasteiger partial charge in [-0.3, -0.25) is 9.78 Å². The molecule has 2 aromatic heterocycles. The Hall–Kier alpha value is -3.04. The second-order valence-corrected chi connectivity index (χ2v) is 10.2. The fraction of sp³-hybridized carbons (Fsp3) is 0.444. The maximum Gasteiger partial charge on any atom is 0.270 e. The first-order chi connectivity index (χ1) is 16.5. The van der Waals surface area contributed by atoms with Gasteiger partial charge in [-0.2, -0.15) is 5.26 Å². The van der Waals surface area contributed by atoms with Crippen LogP contribution in [-0.4, -0.2) is 35.2 Å². The normalized spacial score (nSPS) is 20.2. The van der Waals surface area contributed by atoms with Gasteiger partial charge in [-0.25, -0.2) is 0 Å². The summed E-state index contributed by atoms with van der Waals surface area (Å²) in [6, 6.07) is 14.9. The topological polar surface area (TPSA) is 65.2 Å². The molecule has 0 N–H and O–H groups in total. The number of rotatable bonds is 6. The van der Waals surface area contributed by atoms with Gasteiger partial charge in [0, 0.05) is 49.6 Å². The molecule has 176 valence electrons. The number of pyridine rings is 2. The first kappa shape index (κ1) is 22.7. The zero-order chi connectivity index (χ0) is 23.8. The molecule has 2 heterocycles. The van der Waals surface area contributed by atoms with Crippen LogP contribution < -0.4 is 15.4 Å². The SMILES string of the molecule is Cn1c(=O)c(C#N)c(N(C)[C@H]2CC[C@@H](N(CC3CC3)c3ccc(Cl)cc3)CC2)c2ncccc21. The number of aromatic nitrogens is 2. The largest absolute Gasteiger partial charge is 0.369 e. The van der Waals surface area contributed by atoms with Gasteiger partial charge in [-0.1, -0.05) is 11.6 Å². The molecule has 1 aromatic carbocycles. The van der Waals surface area contributed by atoms with E-state index >= 15 is 0 Å². The third-order valence-electron chi connectivity index (χ3n) is 7.56. The number of fused-ring (bicyclic) bond motifs is 1. The van der Waals surface area contributed by atoms with E-state index in [4.69, 9.17) is 11.6 Å². The van der Waals surface area contributed by atoms with Crippen molar-refractivity contribution in [3.63, 3.8) is 0 Å². The van der Waals surface area contributed by atoms with Crippen molar-refractivity contribution in [3.05, 3.63) is 63.5 Å². The van der Waals surface area contributed by atoms with Crippen molar-refractivity contribution >= 4 is 34.0 Å². The summed E-state index contributed by atoms with van der Waals surface area (Å²) in [6.45, 7) is 1.11. The Labute approximate surface area is 205 Å². The van der Waals surface area contributed by atoms with Crippen molar-refractivity contribution in [2.24, 2.45) is 13.0 Å². The summed E-state index contributed by atoms with van der Waals surface area (Å²) in [5.74, 6) is 0.798. The second kappa shape index (κ2) is 9.31. The van der Waals surface area contributed by atoms with Gasteiger partial charge >= 0.3 is 0 Å². The molecule has 0 saturated heterocycles. The fourth-order valence-electron chi connectivity index (χ4n) is 5.41. The van der Waals surface area contributed by atoms with Crippen LogP contribution in [0.2, 0.25) is 5.02 Å². The van der Waals surface area contributed by atoms with Gasteiger partial charge in [0.15, 0.2) is 0 Å². The summed E-state index contributed by atoms with van der Waals surface area (Å²) in [7, 11) is 3.71. The highest BCUT2D eigenvalue weighted by atomic mass is 35.5. The lowest BCUT2D eigenvalue weighted by Gasteiger charge is -2.41. The van der Waals surface area contributed by atoms with Gasteiger partial charge in [0.2, 0.25) is 0 Å². The first-order valence-corrected chi connectivity index (χ1v) is 12.5. The van der Waals surface area contributed by atoms with Gasteiger partial charge in [-0.15, -0.1) is 0 Å². The van der Waals surface area contributed by atoms with Crippen LogP contribution in [0.3, 0.4) is 0 Å². The predicted octanol–water partition coefficient (Wildman–Crippen LogP) is 5.12. The number of anilines is 2. The van der Waals surface area contributed by atoms with Gasteiger partial charge in [0.25, 0.3) is 5.56 Å². The lowest BCUT2D eigenvalue weighted by Crippen LogP contribution is -2.44. The van der Waals surface area contributed by atoms with E-state index in [1.165, 1.54) is 23.1 Å². The number of halogens is 1. The van der Waals surface area contributed by atoms with Crippen LogP contribution in [-0.2, 0) is 7.05 Å². The lowest BCUT2D eigenvalue weighted by atomic mass is 9.88. The second-order valence-electron chi connectivity index (χ2n) is 9.72. The molecule has 3 aromatic rings. The molecule has 5 rings (SSSR count). The number of benzene rings is 1. The molecular weight excluding hydrogens is 446 g/mol. The van der Waals surface area contributed by atoms with Crippen molar-refractivity contribution in [2.75, 3.05) is 23.4 Å². The standard InChI is InChI=1S/C27H30ClN5O/c1-31(26-23(16-29)27(34)32(2)24-4-3-15-30-25(24)26)20-11-13-22(14-12-20)33(17-18-5-6-18)21-9-7-19(28)8-10-21/h3-4,7-10,15,18,20,22H,5-6,11-14,17H2,1-2H3/t20-,22+. The Morgan fingerprint density at radius 2 is 1.76 bits per heavy atom. The minimum Gasteiger partial charge on any atom is -0.369 e. The van der Waals surface area contributed by atoms with E-state index in [9.17, 15) is 10.1 Å². The van der Waals surface area contributed by atoms with Crippen LogP contribution in [0, 0.1) is 17.2 Å². The van der Waals surface area contributed by atoms with Crippen molar-refractivity contribution in [2.45, 2.75) is 50.6 Å². The third kappa shape index (κ3) is 4.25. The third-order valence-corrected chi connectivity index (χ3v) is 7.81. The zero-order valence-corrected chi connectivity index (χ0v) is 20.5. The number of nitriles is 1. The number of nitrogens with zero attached hydrogens (tertiary/aromatic N) is 5. The highest BCUT2D eigenvalue weighted by Gasteiger charge is 2.33. The molecular formula is C27H30ClN5O. The molecule has 0 bridgehead atoms. The number of hydrogen-bond acceptors (Lipinski definition) is 5. The quantitative estimate of drug-likeness (QED) is 0.495. The van der Waals surface area contributed by atoms with Crippen LogP contribution >= 0.6 is 11.6 Å². The Bertz CT molecular complexity index is 1280. The smallest absolute Gasteiger partial charge is 0.270 e.